The molecule has 2 aliphatic rings. The molecular weight excluding hydrogens is 534 g/mol. The molecular formula is C26H52ClN11O2. The van der Waals surface area contributed by atoms with E-state index in [0.717, 1.165) is 51.9 Å². The number of amides is 1. The highest BCUT2D eigenvalue weighted by molar-refractivity contribution is 6.05. The number of hydrogen-bond acceptors (Lipinski definition) is 12. The summed E-state index contributed by atoms with van der Waals surface area (Å²) >= 11 is 0. The first-order valence-electron chi connectivity index (χ1n) is 12.4. The third-order valence-corrected chi connectivity index (χ3v) is 6.43. The number of carbonyl (C=O) groups is 1. The highest BCUT2D eigenvalue weighted by atomic mass is 35.5. The average molecular weight is 586 g/mol. The summed E-state index contributed by atoms with van der Waals surface area (Å²) in [7, 11) is 0. The number of carbonyl (C=O) groups excluding carboxylic acids is 1. The molecule has 1 amide bonds. The third-order valence-electron chi connectivity index (χ3n) is 6.43. The van der Waals surface area contributed by atoms with E-state index in [4.69, 9.17) is 15.0 Å². The van der Waals surface area contributed by atoms with Crippen LogP contribution in [-0.4, -0.2) is 52.1 Å². The summed E-state index contributed by atoms with van der Waals surface area (Å²) in [5.41, 5.74) is 1.48. The number of nitrogens with zero attached hydrogens (tertiary/aromatic N) is 5. The maximum absolute atomic E-state index is 12.4. The summed E-state index contributed by atoms with van der Waals surface area (Å²) < 4.78 is 0. The minimum atomic E-state index is -0.281. The van der Waals surface area contributed by atoms with Gasteiger partial charge in [-0.3, -0.25) is 4.79 Å². The number of nitrogens with one attached hydrogen (secondary N) is 2. The lowest BCUT2D eigenvalue weighted by atomic mass is 10.1. The van der Waals surface area contributed by atoms with Gasteiger partial charge in [0.15, 0.2) is 0 Å². The number of halogens is 1. The van der Waals surface area contributed by atoms with E-state index >= 15 is 0 Å². The molecule has 0 saturated carbocycles. The fourth-order valence-electron chi connectivity index (χ4n) is 4.51. The van der Waals surface area contributed by atoms with Gasteiger partial charge in [0.25, 0.3) is 5.91 Å². The number of anilines is 5. The van der Waals surface area contributed by atoms with Gasteiger partial charge in [0.1, 0.15) is 5.75 Å². The van der Waals surface area contributed by atoms with Gasteiger partial charge in [0, 0.05) is 49.2 Å². The standard InChI is InChI=1S/C26H31N7O2.ClH.4H3N.4H2/c34-22-18-20(12-13-21(22)28-23(35)19-10-4-1-5-11-19)27-24-29-25(32-14-6-2-7-15-32)31-26(30-24)33-16-8-3-9-17-33;;;;;;;;;/h1,4-5,10-13,18,34H,2-3,6-9,14-17H2,(H,28,35)(H,27,29,30,31);1H;4*1H3;4*1H. The SMILES string of the molecule is Cl.N.N.N.N.O=C(Nc1ccc(Nc2nc(N3CCCCC3)nc(N3CCCCC3)n2)cc1O)c1ccccc1.[HH].[HH].[HH].[HH]. The molecule has 0 unspecified atom stereocenters. The third kappa shape index (κ3) is 8.89. The van der Waals surface area contributed by atoms with E-state index in [0.29, 0.717) is 34.8 Å². The molecule has 0 aliphatic carbocycles. The van der Waals surface area contributed by atoms with Gasteiger partial charge in [-0.2, -0.15) is 15.0 Å². The molecule has 2 aromatic carbocycles. The Bertz CT molecular complexity index is 1160. The van der Waals surface area contributed by atoms with Crippen molar-refractivity contribution in [3.05, 3.63) is 54.1 Å². The lowest BCUT2D eigenvalue weighted by molar-refractivity contribution is 0.102. The van der Waals surface area contributed by atoms with Crippen molar-refractivity contribution in [3.8, 4) is 5.75 Å². The lowest BCUT2D eigenvalue weighted by Gasteiger charge is -2.30. The molecule has 3 aromatic rings. The van der Waals surface area contributed by atoms with E-state index in [9.17, 15) is 9.90 Å². The fourth-order valence-corrected chi connectivity index (χ4v) is 4.51. The molecule has 0 atom stereocenters. The number of rotatable bonds is 6. The zero-order chi connectivity index (χ0) is 24.0. The van der Waals surface area contributed by atoms with Gasteiger partial charge in [-0.15, -0.1) is 12.4 Å². The number of benzene rings is 2. The molecule has 0 bridgehead atoms. The molecule has 13 nitrogen and oxygen atoms in total. The molecule has 14 heteroatoms. The van der Waals surface area contributed by atoms with Crippen molar-refractivity contribution in [1.29, 1.82) is 0 Å². The smallest absolute Gasteiger partial charge is 0.255 e. The Labute approximate surface area is 247 Å². The van der Waals surface area contributed by atoms with E-state index in [1.165, 1.54) is 12.8 Å². The van der Waals surface area contributed by atoms with Gasteiger partial charge in [-0.1, -0.05) is 18.2 Å². The monoisotopic (exact) mass is 585 g/mol. The molecule has 40 heavy (non-hydrogen) atoms. The molecule has 1 aromatic heterocycles. The second-order valence-corrected chi connectivity index (χ2v) is 9.03. The van der Waals surface area contributed by atoms with Gasteiger partial charge >= 0.3 is 0 Å². The highest BCUT2D eigenvalue weighted by Crippen LogP contribution is 2.29. The van der Waals surface area contributed by atoms with Gasteiger partial charge in [0.05, 0.1) is 5.69 Å². The van der Waals surface area contributed by atoms with Gasteiger partial charge in [0.2, 0.25) is 17.8 Å². The van der Waals surface area contributed by atoms with Crippen LogP contribution in [0.3, 0.4) is 0 Å². The fraction of sp³-hybridized carbons (Fsp3) is 0.385. The van der Waals surface area contributed by atoms with Crippen molar-refractivity contribution in [2.24, 2.45) is 0 Å². The van der Waals surface area contributed by atoms with Crippen molar-refractivity contribution in [1.82, 2.24) is 39.6 Å². The van der Waals surface area contributed by atoms with Gasteiger partial charge < -0.3 is 50.1 Å². The number of phenols is 1. The van der Waals surface area contributed by atoms with Crippen molar-refractivity contribution in [3.63, 3.8) is 0 Å². The van der Waals surface area contributed by atoms with Crippen LogP contribution in [0.4, 0.5) is 29.2 Å². The molecule has 2 aliphatic heterocycles. The quantitative estimate of drug-likeness (QED) is 0.151. The van der Waals surface area contributed by atoms with Crippen LogP contribution in [0.15, 0.2) is 48.5 Å². The van der Waals surface area contributed by atoms with Crippen LogP contribution in [0.1, 0.15) is 54.6 Å². The van der Waals surface area contributed by atoms with E-state index in [2.05, 4.69) is 20.4 Å². The van der Waals surface area contributed by atoms with E-state index in [1.54, 1.807) is 42.5 Å². The number of piperidine rings is 2. The number of aromatic nitrogens is 3. The summed E-state index contributed by atoms with van der Waals surface area (Å²) in [5.74, 6) is 1.51. The lowest BCUT2D eigenvalue weighted by Crippen LogP contribution is -2.34. The second kappa shape index (κ2) is 17.0. The van der Waals surface area contributed by atoms with Gasteiger partial charge in [-0.25, -0.2) is 0 Å². The summed E-state index contributed by atoms with van der Waals surface area (Å²) in [6.07, 6.45) is 7.01. The largest absolute Gasteiger partial charge is 0.506 e. The van der Waals surface area contributed by atoms with Crippen LogP contribution in [0.2, 0.25) is 0 Å². The zero-order valence-electron chi connectivity index (χ0n) is 23.0. The maximum atomic E-state index is 12.4. The predicted octanol–water partition coefficient (Wildman–Crippen LogP) is 6.61. The van der Waals surface area contributed by atoms with Gasteiger partial charge in [-0.05, 0) is 62.8 Å². The molecule has 2 saturated heterocycles. The topological polar surface area (TPSA) is 247 Å². The first-order chi connectivity index (χ1) is 17.2. The highest BCUT2D eigenvalue weighted by Gasteiger charge is 2.20. The molecule has 15 N–H and O–H groups in total. The second-order valence-electron chi connectivity index (χ2n) is 9.03. The van der Waals surface area contributed by atoms with Crippen LogP contribution in [0.5, 0.6) is 5.75 Å². The Hall–Kier alpha value is -3.75. The van der Waals surface area contributed by atoms with Crippen LogP contribution in [-0.2, 0) is 0 Å². The summed E-state index contributed by atoms with van der Waals surface area (Å²) in [4.78, 5) is 31.1. The predicted molar refractivity (Wildman–Crippen MR) is 174 cm³/mol. The van der Waals surface area contributed by atoms with Crippen molar-refractivity contribution in [2.75, 3.05) is 46.6 Å². The van der Waals surface area contributed by atoms with Crippen LogP contribution >= 0.6 is 12.4 Å². The Morgan fingerprint density at radius 1 is 0.750 bits per heavy atom. The molecule has 2 fully saturated rings. The maximum Gasteiger partial charge on any atom is 0.255 e. The van der Waals surface area contributed by atoms with E-state index < -0.39 is 0 Å². The van der Waals surface area contributed by atoms with Crippen LogP contribution in [0.25, 0.3) is 0 Å². The Balaban J connectivity index is -0.000000563. The van der Waals surface area contributed by atoms with Crippen molar-refractivity contribution >= 4 is 47.5 Å². The Morgan fingerprint density at radius 3 is 1.77 bits per heavy atom. The molecule has 230 valence electrons. The normalized spacial score (nSPS) is 14.1. The number of hydrogen-bond donors (Lipinski definition) is 7. The van der Waals surface area contributed by atoms with E-state index in [-0.39, 0.29) is 54.4 Å². The summed E-state index contributed by atoms with van der Waals surface area (Å²) in [6.45, 7) is 3.78. The average Bonchev–Trinajstić information content (AvgIpc) is 2.91. The molecule has 5 rings (SSSR count). The minimum absolute atomic E-state index is 0. The van der Waals surface area contributed by atoms with Crippen molar-refractivity contribution < 1.29 is 15.6 Å². The molecule has 0 radical (unpaired) electrons. The first kappa shape index (κ1) is 36.2. The zero-order valence-corrected chi connectivity index (χ0v) is 23.8. The minimum Gasteiger partial charge on any atom is -0.506 e. The number of phenolic OH excluding ortho intramolecular Hbond substituents is 1. The molecule has 0 spiro atoms. The summed E-state index contributed by atoms with van der Waals surface area (Å²) in [5, 5.41) is 16.5. The van der Waals surface area contributed by atoms with Crippen molar-refractivity contribution in [2.45, 2.75) is 38.5 Å². The molecule has 3 heterocycles. The Morgan fingerprint density at radius 2 is 1.27 bits per heavy atom. The number of aromatic hydroxyl groups is 1. The van der Waals surface area contributed by atoms with Crippen LogP contribution < -0.4 is 45.0 Å². The van der Waals surface area contributed by atoms with E-state index in [1.807, 2.05) is 6.07 Å². The first-order valence-corrected chi connectivity index (χ1v) is 12.4. The van der Waals surface area contributed by atoms with Crippen LogP contribution in [0, 0.1) is 0 Å². The Kier molecular flexibility index (Phi) is 15.4. The summed E-state index contributed by atoms with van der Waals surface area (Å²) in [6, 6.07) is 13.9.